The van der Waals surface area contributed by atoms with Gasteiger partial charge in [-0.1, -0.05) is 71.4 Å². The molecular formula is C60H98N6O17. The highest BCUT2D eigenvalue weighted by atomic mass is 16.6. The Morgan fingerprint density at radius 2 is 1.25 bits per heavy atom. The maximum Gasteiger partial charge on any atom is 0.329 e. The van der Waals surface area contributed by atoms with Crippen LogP contribution in [0.5, 0.6) is 0 Å². The minimum absolute atomic E-state index is 0.0188. The number of carbonyl (C=O) groups is 8. The minimum atomic E-state index is -1.40. The van der Waals surface area contributed by atoms with Gasteiger partial charge in [0.2, 0.25) is 29.5 Å². The normalized spacial score (nSPS) is 17.2. The van der Waals surface area contributed by atoms with E-state index < -0.39 is 77.1 Å². The predicted octanol–water partition coefficient (Wildman–Crippen LogP) is 3.43. The quantitative estimate of drug-likeness (QED) is 0.0482. The smallest absolute Gasteiger partial charge is 0.329 e. The van der Waals surface area contributed by atoms with Gasteiger partial charge in [0.05, 0.1) is 122 Å². The van der Waals surface area contributed by atoms with Crippen LogP contribution < -0.4 is 16.0 Å². The monoisotopic (exact) mass is 1170 g/mol. The summed E-state index contributed by atoms with van der Waals surface area (Å²) in [4.78, 5) is 111. The summed E-state index contributed by atoms with van der Waals surface area (Å²) in [7, 11) is 4.67. The lowest BCUT2D eigenvalue weighted by Crippen LogP contribution is -2.62. The van der Waals surface area contributed by atoms with Crippen LogP contribution in [0.2, 0.25) is 0 Å². The molecule has 3 N–H and O–H groups in total. The van der Waals surface area contributed by atoms with Gasteiger partial charge in [-0.2, -0.15) is 0 Å². The highest BCUT2D eigenvalue weighted by molar-refractivity contribution is 6.12. The molecule has 470 valence electrons. The number of esters is 1. The molecule has 1 aromatic rings. The Bertz CT molecular complexity index is 2190. The Kier molecular flexibility index (Phi) is 32.1. The van der Waals surface area contributed by atoms with E-state index in [2.05, 4.69) is 16.0 Å². The summed E-state index contributed by atoms with van der Waals surface area (Å²) in [6.45, 7) is 22.1. The van der Waals surface area contributed by atoms with E-state index in [9.17, 15) is 38.4 Å². The van der Waals surface area contributed by atoms with Crippen molar-refractivity contribution in [1.29, 1.82) is 0 Å². The van der Waals surface area contributed by atoms with Crippen molar-refractivity contribution in [3.63, 3.8) is 0 Å². The molecule has 8 atom stereocenters. The number of imide groups is 1. The van der Waals surface area contributed by atoms with E-state index in [4.69, 9.17) is 42.6 Å². The van der Waals surface area contributed by atoms with Crippen molar-refractivity contribution < 1.29 is 81.0 Å². The first-order valence-electron chi connectivity index (χ1n) is 29.2. The van der Waals surface area contributed by atoms with E-state index >= 15 is 0 Å². The van der Waals surface area contributed by atoms with Crippen molar-refractivity contribution >= 4 is 47.3 Å². The summed E-state index contributed by atoms with van der Waals surface area (Å²) < 4.78 is 50.7. The molecule has 0 radical (unpaired) electrons. The number of rotatable bonds is 41. The molecule has 1 saturated heterocycles. The molecule has 1 fully saturated rings. The van der Waals surface area contributed by atoms with Crippen LogP contribution in [0.3, 0.4) is 0 Å². The molecule has 1 aromatic carbocycles. The van der Waals surface area contributed by atoms with Crippen LogP contribution in [-0.2, 0) is 87.4 Å². The Labute approximate surface area is 492 Å². The second kappa shape index (κ2) is 37.1. The molecule has 3 rings (SSSR count). The van der Waals surface area contributed by atoms with Gasteiger partial charge in [-0.05, 0) is 64.9 Å². The number of methoxy groups -OCH3 is 2. The molecule has 7 amide bonds. The minimum Gasteiger partial charge on any atom is -0.458 e. The number of carbonyl (C=O) groups excluding carboxylic acids is 8. The van der Waals surface area contributed by atoms with Gasteiger partial charge in [-0.3, -0.25) is 38.5 Å². The molecule has 2 heterocycles. The van der Waals surface area contributed by atoms with Gasteiger partial charge in [-0.15, -0.1) is 0 Å². The van der Waals surface area contributed by atoms with E-state index in [1.165, 1.54) is 26.4 Å². The van der Waals surface area contributed by atoms with Crippen LogP contribution >= 0.6 is 0 Å². The maximum atomic E-state index is 14.6. The third kappa shape index (κ3) is 25.0. The fraction of sp³-hybridized carbons (Fsp3) is 0.733. The lowest BCUT2D eigenvalue weighted by atomic mass is 9.89. The number of hydrogen-bond donors (Lipinski definition) is 3. The van der Waals surface area contributed by atoms with Gasteiger partial charge in [0.1, 0.15) is 23.2 Å². The Morgan fingerprint density at radius 3 is 1.75 bits per heavy atom. The van der Waals surface area contributed by atoms with Crippen LogP contribution in [0, 0.1) is 17.8 Å². The van der Waals surface area contributed by atoms with Gasteiger partial charge < -0.3 is 68.4 Å². The highest BCUT2D eigenvalue weighted by Gasteiger charge is 2.44. The summed E-state index contributed by atoms with van der Waals surface area (Å²) in [6.07, 6.45) is 3.03. The Morgan fingerprint density at radius 1 is 0.723 bits per heavy atom. The molecule has 0 spiro atoms. The fourth-order valence-corrected chi connectivity index (χ4v) is 9.72. The molecule has 0 bridgehead atoms. The Hall–Kier alpha value is -5.40. The number of hydrogen-bond acceptors (Lipinski definition) is 17. The standard InChI is InChI=1S/C60H98N6O17/c1-14-42(4)53(47(75-12)40-51(70)65-25-18-21-46(65)54(76-13)43(5)55(71)61-45(57(73)83-59(6,7)8)39-44-19-16-15-17-20-44)64(11)56(72)52(41(2)3)62-58(74)60(9,10)63-48(67)24-27-77-29-31-79-33-35-81-37-38-82-36-34-80-32-30-78-28-26-66-49(68)22-23-50(66)69/h15-17,19-20,22-23,41-43,45-47,52-54H,14,18,21,24-40H2,1-13H3,(H,61,71)(H,62,74)(H,63,67)/t42?,43?,45?,46-,47?,52?,53?,54?/m0/s1. The molecule has 2 aliphatic rings. The van der Waals surface area contributed by atoms with E-state index in [1.54, 1.807) is 58.4 Å². The van der Waals surface area contributed by atoms with Crippen LogP contribution in [0.4, 0.5) is 0 Å². The van der Waals surface area contributed by atoms with E-state index in [1.807, 2.05) is 58.0 Å². The van der Waals surface area contributed by atoms with Gasteiger partial charge in [-0.25, -0.2) is 4.79 Å². The van der Waals surface area contributed by atoms with Crippen LogP contribution in [0.1, 0.15) is 107 Å². The summed E-state index contributed by atoms with van der Waals surface area (Å²) in [5.74, 6) is -4.50. The zero-order valence-electron chi connectivity index (χ0n) is 51.7. The number of likely N-dealkylation sites (tertiary alicyclic amines) is 1. The highest BCUT2D eigenvalue weighted by Crippen LogP contribution is 2.30. The van der Waals surface area contributed by atoms with Crippen LogP contribution in [0.25, 0.3) is 0 Å². The van der Waals surface area contributed by atoms with Crippen LogP contribution in [0.15, 0.2) is 42.5 Å². The van der Waals surface area contributed by atoms with Gasteiger partial charge >= 0.3 is 5.97 Å². The SMILES string of the molecule is CCC(C)C(C(CC(=O)N1CCC[C@H]1C(OC)C(C)C(=O)NC(Cc1ccccc1)C(=O)OC(C)(C)C)OC)N(C)C(=O)C(NC(=O)C(C)(C)NC(=O)CCOCCOCCOCCOCCOCCOCCN1C(=O)C=CC1=O)C(C)C. The molecule has 83 heavy (non-hydrogen) atoms. The summed E-state index contributed by atoms with van der Waals surface area (Å²) in [6, 6.07) is 6.35. The third-order valence-corrected chi connectivity index (χ3v) is 14.5. The van der Waals surface area contributed by atoms with Crippen molar-refractivity contribution in [3.8, 4) is 0 Å². The number of nitrogens with zero attached hydrogens (tertiary/aromatic N) is 3. The zero-order chi connectivity index (χ0) is 61.7. The van der Waals surface area contributed by atoms with E-state index in [0.29, 0.717) is 78.7 Å². The molecular weight excluding hydrogens is 1080 g/mol. The second-order valence-electron chi connectivity index (χ2n) is 22.8. The van der Waals surface area contributed by atoms with Crippen molar-refractivity contribution in [2.24, 2.45) is 17.8 Å². The van der Waals surface area contributed by atoms with Crippen molar-refractivity contribution in [2.75, 3.05) is 114 Å². The predicted molar refractivity (Wildman–Crippen MR) is 308 cm³/mol. The van der Waals surface area contributed by atoms with E-state index in [0.717, 1.165) is 10.5 Å². The fourth-order valence-electron chi connectivity index (χ4n) is 9.72. The average Bonchev–Trinajstić information content (AvgIpc) is 4.32. The number of likely N-dealkylation sites (N-methyl/N-ethyl adjacent to an activating group) is 1. The molecule has 0 saturated carbocycles. The molecule has 0 aromatic heterocycles. The third-order valence-electron chi connectivity index (χ3n) is 14.5. The zero-order valence-corrected chi connectivity index (χ0v) is 51.7. The van der Waals surface area contributed by atoms with Crippen molar-refractivity contribution in [3.05, 3.63) is 48.0 Å². The topological polar surface area (TPSA) is 265 Å². The van der Waals surface area contributed by atoms with E-state index in [-0.39, 0.29) is 87.7 Å². The molecule has 23 nitrogen and oxygen atoms in total. The molecule has 7 unspecified atom stereocenters. The Balaban J connectivity index is 1.43. The van der Waals surface area contributed by atoms with Gasteiger partial charge in [0, 0.05) is 52.8 Å². The van der Waals surface area contributed by atoms with Crippen molar-refractivity contribution in [1.82, 2.24) is 30.7 Å². The first-order valence-corrected chi connectivity index (χ1v) is 29.2. The average molecular weight is 1180 g/mol. The largest absolute Gasteiger partial charge is 0.458 e. The number of benzene rings is 1. The lowest BCUT2D eigenvalue weighted by molar-refractivity contribution is -0.159. The van der Waals surface area contributed by atoms with Crippen molar-refractivity contribution in [2.45, 2.75) is 155 Å². The lowest BCUT2D eigenvalue weighted by Gasteiger charge is -2.41. The summed E-state index contributed by atoms with van der Waals surface area (Å²) >= 11 is 0. The van der Waals surface area contributed by atoms with Gasteiger partial charge in [0.25, 0.3) is 11.8 Å². The maximum absolute atomic E-state index is 14.6. The van der Waals surface area contributed by atoms with Gasteiger partial charge in [0.15, 0.2) is 0 Å². The molecule has 23 heteroatoms. The molecule has 0 aliphatic carbocycles. The summed E-state index contributed by atoms with van der Waals surface area (Å²) in [5, 5.41) is 8.58. The van der Waals surface area contributed by atoms with Crippen LogP contribution in [-0.4, -0.2) is 223 Å². The number of ether oxygens (including phenoxy) is 9. The number of amides is 7. The summed E-state index contributed by atoms with van der Waals surface area (Å²) in [5.41, 5.74) is -1.32. The first-order chi connectivity index (χ1) is 39.4. The number of nitrogens with one attached hydrogen (secondary N) is 3. The molecule has 2 aliphatic heterocycles. The first kappa shape index (κ1) is 71.9. The second-order valence-corrected chi connectivity index (χ2v) is 22.8.